The van der Waals surface area contributed by atoms with E-state index in [1.165, 1.54) is 6.26 Å². The van der Waals surface area contributed by atoms with Crippen LogP contribution in [0.3, 0.4) is 0 Å². The van der Waals surface area contributed by atoms with Gasteiger partial charge >= 0.3 is 5.76 Å². The van der Waals surface area contributed by atoms with Crippen LogP contribution in [0.2, 0.25) is 0 Å². The highest BCUT2D eigenvalue weighted by Gasteiger charge is 2.24. The molecule has 8 nitrogen and oxygen atoms in total. The molecular formula is C15H21N3O5. The molecule has 0 aromatic carbocycles. The smallest absolute Gasteiger partial charge is 0.437 e. The lowest BCUT2D eigenvalue weighted by Crippen LogP contribution is -2.48. The van der Waals surface area contributed by atoms with E-state index in [2.05, 4.69) is 10.00 Å². The van der Waals surface area contributed by atoms with Gasteiger partial charge in [0.05, 0.1) is 31.1 Å². The number of ether oxygens (including phenoxy) is 1. The second-order valence-electron chi connectivity index (χ2n) is 5.96. The van der Waals surface area contributed by atoms with Crippen molar-refractivity contribution >= 4 is 0 Å². The summed E-state index contributed by atoms with van der Waals surface area (Å²) in [4.78, 5) is 13.9. The maximum atomic E-state index is 11.8. The number of furan rings is 1. The molecule has 1 fully saturated rings. The number of rotatable bonds is 5. The Morgan fingerprint density at radius 1 is 1.35 bits per heavy atom. The van der Waals surface area contributed by atoms with Crippen molar-refractivity contribution in [2.75, 3.05) is 19.6 Å². The second kappa shape index (κ2) is 6.69. The molecule has 0 radical (unpaired) electrons. The monoisotopic (exact) mass is 323 g/mol. The number of β-amino-alcohol motifs (C(OH)–C–C–N with tert-alkyl or cyclic N) is 1. The zero-order chi connectivity index (χ0) is 16.4. The molecule has 0 bridgehead atoms. The van der Waals surface area contributed by atoms with Crippen LogP contribution in [0.15, 0.2) is 32.0 Å². The summed E-state index contributed by atoms with van der Waals surface area (Å²) in [6, 6.07) is 3.34. The van der Waals surface area contributed by atoms with E-state index in [1.807, 2.05) is 13.8 Å². The normalized spacial score (nSPS) is 24.0. The summed E-state index contributed by atoms with van der Waals surface area (Å²) < 4.78 is 17.0. The predicted octanol–water partition coefficient (Wildman–Crippen LogP) is 0.566. The Labute approximate surface area is 133 Å². The topological polar surface area (TPSA) is 93.9 Å². The largest absolute Gasteiger partial charge is 0.459 e. The first-order valence-electron chi connectivity index (χ1n) is 7.69. The molecule has 3 heterocycles. The summed E-state index contributed by atoms with van der Waals surface area (Å²) >= 11 is 0. The van der Waals surface area contributed by atoms with Crippen molar-refractivity contribution in [2.24, 2.45) is 0 Å². The number of aromatic nitrogens is 2. The third-order valence-corrected chi connectivity index (χ3v) is 3.69. The SMILES string of the molecule is CC1CN(CC(O)Cn2nc(-c3ccco3)oc2=O)CC(C)O1. The molecule has 1 aliphatic rings. The van der Waals surface area contributed by atoms with Crippen molar-refractivity contribution in [2.45, 2.75) is 38.7 Å². The number of aliphatic hydroxyl groups is 1. The molecule has 1 saturated heterocycles. The van der Waals surface area contributed by atoms with Crippen molar-refractivity contribution in [3.05, 3.63) is 28.9 Å². The highest BCUT2D eigenvalue weighted by molar-refractivity contribution is 5.42. The average Bonchev–Trinajstić information content (AvgIpc) is 3.08. The van der Waals surface area contributed by atoms with Crippen LogP contribution in [0.1, 0.15) is 13.8 Å². The van der Waals surface area contributed by atoms with Crippen LogP contribution >= 0.6 is 0 Å². The van der Waals surface area contributed by atoms with Crippen LogP contribution in [-0.2, 0) is 11.3 Å². The molecule has 3 atom stereocenters. The predicted molar refractivity (Wildman–Crippen MR) is 80.9 cm³/mol. The summed E-state index contributed by atoms with van der Waals surface area (Å²) in [6.45, 7) is 6.05. The summed E-state index contributed by atoms with van der Waals surface area (Å²) in [5.74, 6) is -0.119. The van der Waals surface area contributed by atoms with Gasteiger partial charge in [0.1, 0.15) is 0 Å². The van der Waals surface area contributed by atoms with E-state index in [0.717, 1.165) is 17.8 Å². The second-order valence-corrected chi connectivity index (χ2v) is 5.96. The first kappa shape index (κ1) is 16.0. The van der Waals surface area contributed by atoms with Crippen molar-refractivity contribution in [1.29, 1.82) is 0 Å². The fourth-order valence-electron chi connectivity index (χ4n) is 2.91. The summed E-state index contributed by atoms with van der Waals surface area (Å²) in [6.07, 6.45) is 1.02. The highest BCUT2D eigenvalue weighted by atomic mass is 16.5. The van der Waals surface area contributed by atoms with E-state index in [1.54, 1.807) is 12.1 Å². The van der Waals surface area contributed by atoms with Gasteiger partial charge in [0.15, 0.2) is 5.76 Å². The van der Waals surface area contributed by atoms with E-state index >= 15 is 0 Å². The van der Waals surface area contributed by atoms with Gasteiger partial charge in [-0.2, -0.15) is 4.68 Å². The molecule has 0 aliphatic carbocycles. The van der Waals surface area contributed by atoms with E-state index in [4.69, 9.17) is 13.6 Å². The zero-order valence-electron chi connectivity index (χ0n) is 13.2. The van der Waals surface area contributed by atoms with Gasteiger partial charge in [-0.05, 0) is 26.0 Å². The van der Waals surface area contributed by atoms with E-state index in [-0.39, 0.29) is 24.6 Å². The lowest BCUT2D eigenvalue weighted by atomic mass is 10.2. The minimum absolute atomic E-state index is 0.0726. The summed E-state index contributed by atoms with van der Waals surface area (Å²) in [5.41, 5.74) is 0. The van der Waals surface area contributed by atoms with Crippen LogP contribution < -0.4 is 5.76 Å². The number of hydrogen-bond acceptors (Lipinski definition) is 7. The van der Waals surface area contributed by atoms with Crippen molar-refractivity contribution in [1.82, 2.24) is 14.7 Å². The lowest BCUT2D eigenvalue weighted by molar-refractivity contribution is -0.0775. The Balaban J connectivity index is 1.62. The molecule has 2 aromatic heterocycles. The molecule has 126 valence electrons. The van der Waals surface area contributed by atoms with Gasteiger partial charge < -0.3 is 18.7 Å². The van der Waals surface area contributed by atoms with Gasteiger partial charge in [-0.3, -0.25) is 4.90 Å². The van der Waals surface area contributed by atoms with E-state index in [0.29, 0.717) is 12.3 Å². The minimum Gasteiger partial charge on any atom is -0.459 e. The Bertz CT molecular complexity index is 668. The molecule has 0 spiro atoms. The summed E-state index contributed by atoms with van der Waals surface area (Å²) in [7, 11) is 0. The standard InChI is InChI=1S/C15H21N3O5/c1-10-6-17(7-11(2)22-10)8-12(19)9-18-15(20)23-14(16-18)13-4-3-5-21-13/h3-5,10-12,19H,6-9H2,1-2H3. The molecular weight excluding hydrogens is 302 g/mol. The molecule has 1 aliphatic heterocycles. The van der Waals surface area contributed by atoms with Crippen LogP contribution in [-0.4, -0.2) is 57.7 Å². The Morgan fingerprint density at radius 2 is 2.09 bits per heavy atom. The Kier molecular flexibility index (Phi) is 4.65. The molecule has 8 heteroatoms. The van der Waals surface area contributed by atoms with Crippen LogP contribution in [0.4, 0.5) is 0 Å². The first-order valence-corrected chi connectivity index (χ1v) is 7.69. The average molecular weight is 323 g/mol. The van der Waals surface area contributed by atoms with Crippen LogP contribution in [0.25, 0.3) is 11.7 Å². The molecule has 3 rings (SSSR count). The fourth-order valence-corrected chi connectivity index (χ4v) is 2.91. The van der Waals surface area contributed by atoms with Gasteiger partial charge in [0, 0.05) is 19.6 Å². The van der Waals surface area contributed by atoms with Crippen molar-refractivity contribution in [3.63, 3.8) is 0 Å². The first-order chi connectivity index (χ1) is 11.0. The van der Waals surface area contributed by atoms with E-state index in [9.17, 15) is 9.90 Å². The molecule has 1 N–H and O–H groups in total. The molecule has 23 heavy (non-hydrogen) atoms. The molecule has 2 aromatic rings. The van der Waals surface area contributed by atoms with Gasteiger partial charge in [0.25, 0.3) is 5.89 Å². The number of nitrogens with zero attached hydrogens (tertiary/aromatic N) is 3. The Morgan fingerprint density at radius 3 is 2.74 bits per heavy atom. The maximum absolute atomic E-state index is 11.8. The summed E-state index contributed by atoms with van der Waals surface area (Å²) in [5, 5.41) is 14.3. The maximum Gasteiger partial charge on any atom is 0.437 e. The highest BCUT2D eigenvalue weighted by Crippen LogP contribution is 2.15. The minimum atomic E-state index is -0.722. The van der Waals surface area contributed by atoms with Gasteiger partial charge in [-0.25, -0.2) is 4.79 Å². The van der Waals surface area contributed by atoms with Gasteiger partial charge in [-0.1, -0.05) is 0 Å². The third-order valence-electron chi connectivity index (χ3n) is 3.69. The zero-order valence-corrected chi connectivity index (χ0v) is 13.2. The van der Waals surface area contributed by atoms with Crippen LogP contribution in [0.5, 0.6) is 0 Å². The lowest BCUT2D eigenvalue weighted by Gasteiger charge is -2.36. The quantitative estimate of drug-likeness (QED) is 0.859. The van der Waals surface area contributed by atoms with Crippen LogP contribution in [0, 0.1) is 0 Å². The third kappa shape index (κ3) is 3.90. The van der Waals surface area contributed by atoms with Crippen molar-refractivity contribution in [3.8, 4) is 11.7 Å². The van der Waals surface area contributed by atoms with E-state index < -0.39 is 11.9 Å². The van der Waals surface area contributed by atoms with Gasteiger partial charge in [-0.15, -0.1) is 5.10 Å². The number of hydrogen-bond donors (Lipinski definition) is 1. The van der Waals surface area contributed by atoms with Gasteiger partial charge in [0.2, 0.25) is 0 Å². The number of morpholine rings is 1. The number of aliphatic hydroxyl groups excluding tert-OH is 1. The molecule has 3 unspecified atom stereocenters. The molecule has 0 saturated carbocycles. The molecule has 0 amide bonds. The Hall–Kier alpha value is -1.90. The van der Waals surface area contributed by atoms with Crippen molar-refractivity contribution < 1.29 is 18.7 Å². The fraction of sp³-hybridized carbons (Fsp3) is 0.600.